The summed E-state index contributed by atoms with van der Waals surface area (Å²) < 4.78 is 5.43. The first kappa shape index (κ1) is 24.5. The van der Waals surface area contributed by atoms with E-state index in [-0.39, 0.29) is 17.8 Å². The Morgan fingerprint density at radius 2 is 1.48 bits per heavy atom. The lowest BCUT2D eigenvalue weighted by Crippen LogP contribution is -2.50. The van der Waals surface area contributed by atoms with E-state index in [9.17, 15) is 14.4 Å². The van der Waals surface area contributed by atoms with Crippen molar-refractivity contribution in [2.75, 3.05) is 39.3 Å². The van der Waals surface area contributed by atoms with E-state index in [1.54, 1.807) is 41.3 Å². The minimum Gasteiger partial charge on any atom is -0.444 e. The molecule has 1 fully saturated rings. The zero-order valence-corrected chi connectivity index (χ0v) is 19.7. The minimum absolute atomic E-state index is 0.163. The quantitative estimate of drug-likeness (QED) is 0.514. The molecule has 0 aromatic heterocycles. The molecule has 3 rings (SSSR count). The predicted octanol–water partition coefficient (Wildman–Crippen LogP) is 3.59. The van der Waals surface area contributed by atoms with Crippen LogP contribution in [0, 0.1) is 0 Å². The molecule has 1 aliphatic rings. The number of ether oxygens (including phenoxy) is 1. The second kappa shape index (κ2) is 11.1. The predicted molar refractivity (Wildman–Crippen MR) is 128 cm³/mol. The number of carbonyl (C=O) groups excluding carboxylic acids is 3. The van der Waals surface area contributed by atoms with E-state index in [1.165, 1.54) is 0 Å². The van der Waals surface area contributed by atoms with E-state index >= 15 is 0 Å². The van der Waals surface area contributed by atoms with E-state index in [2.05, 4.69) is 10.2 Å². The zero-order chi connectivity index (χ0) is 23.8. The molecule has 7 heteroatoms. The van der Waals surface area contributed by atoms with Gasteiger partial charge in [0.1, 0.15) is 5.60 Å². The van der Waals surface area contributed by atoms with Crippen molar-refractivity contribution < 1.29 is 19.1 Å². The minimum atomic E-state index is -0.489. The van der Waals surface area contributed by atoms with Gasteiger partial charge < -0.3 is 15.0 Å². The second-order valence-corrected chi connectivity index (χ2v) is 9.16. The molecule has 2 aromatic carbocycles. The number of hydrogen-bond donors (Lipinski definition) is 1. The molecule has 0 spiro atoms. The Labute approximate surface area is 195 Å². The SMILES string of the molecule is CC(C)(C)OC(=O)N1CCN(CCCNC(=O)c2ccccc2C(=O)c2ccccc2)CC1. The molecule has 7 nitrogen and oxygen atoms in total. The van der Waals surface area contributed by atoms with Gasteiger partial charge in [-0.3, -0.25) is 14.5 Å². The summed E-state index contributed by atoms with van der Waals surface area (Å²) in [6, 6.07) is 15.9. The third-order valence-electron chi connectivity index (χ3n) is 5.41. The molecule has 1 N–H and O–H groups in total. The number of nitrogens with one attached hydrogen (secondary N) is 1. The molecule has 1 saturated heterocycles. The number of carbonyl (C=O) groups is 3. The monoisotopic (exact) mass is 451 g/mol. The standard InChI is InChI=1S/C26H33N3O4/c1-26(2,3)33-25(32)29-18-16-28(17-19-29)15-9-14-27-24(31)22-13-8-7-12-21(22)23(30)20-10-5-4-6-11-20/h4-8,10-13H,9,14-19H2,1-3H3,(H,27,31). The van der Waals surface area contributed by atoms with Crippen molar-refractivity contribution in [3.8, 4) is 0 Å². The summed E-state index contributed by atoms with van der Waals surface area (Å²) in [5, 5.41) is 2.94. The average Bonchev–Trinajstić information content (AvgIpc) is 2.81. The van der Waals surface area contributed by atoms with Gasteiger partial charge in [-0.1, -0.05) is 48.5 Å². The Balaban J connectivity index is 1.44. The molecule has 0 bridgehead atoms. The number of nitrogens with zero attached hydrogens (tertiary/aromatic N) is 2. The van der Waals surface area contributed by atoms with Gasteiger partial charge in [0.2, 0.25) is 0 Å². The third kappa shape index (κ3) is 7.15. The van der Waals surface area contributed by atoms with Crippen LogP contribution in [-0.2, 0) is 4.74 Å². The van der Waals surface area contributed by atoms with Crippen LogP contribution in [0.3, 0.4) is 0 Å². The molecule has 1 aliphatic heterocycles. The molecule has 2 aromatic rings. The molecule has 1 heterocycles. The topological polar surface area (TPSA) is 79.0 Å². The van der Waals surface area contributed by atoms with Crippen molar-refractivity contribution >= 4 is 17.8 Å². The molecule has 33 heavy (non-hydrogen) atoms. The highest BCUT2D eigenvalue weighted by atomic mass is 16.6. The van der Waals surface area contributed by atoms with Crippen molar-refractivity contribution in [2.45, 2.75) is 32.8 Å². The molecule has 0 aliphatic carbocycles. The highest BCUT2D eigenvalue weighted by Crippen LogP contribution is 2.15. The number of rotatable bonds is 7. The normalized spacial score (nSPS) is 14.6. The maximum atomic E-state index is 12.8. The van der Waals surface area contributed by atoms with Crippen LogP contribution in [0.25, 0.3) is 0 Å². The van der Waals surface area contributed by atoms with Crippen LogP contribution in [0.15, 0.2) is 54.6 Å². The summed E-state index contributed by atoms with van der Waals surface area (Å²) in [7, 11) is 0. The van der Waals surface area contributed by atoms with Crippen LogP contribution in [0.2, 0.25) is 0 Å². The van der Waals surface area contributed by atoms with E-state index in [4.69, 9.17) is 4.74 Å². The third-order valence-corrected chi connectivity index (χ3v) is 5.41. The molecule has 0 atom stereocenters. The number of hydrogen-bond acceptors (Lipinski definition) is 5. The summed E-state index contributed by atoms with van der Waals surface area (Å²) in [6.07, 6.45) is 0.519. The van der Waals surface area contributed by atoms with Gasteiger partial charge in [0.25, 0.3) is 5.91 Å². The fraction of sp³-hybridized carbons (Fsp3) is 0.423. The van der Waals surface area contributed by atoms with Gasteiger partial charge >= 0.3 is 6.09 Å². The lowest BCUT2D eigenvalue weighted by Gasteiger charge is -2.35. The molecule has 2 amide bonds. The molecular formula is C26H33N3O4. The Kier molecular flexibility index (Phi) is 8.22. The highest BCUT2D eigenvalue weighted by molar-refractivity contribution is 6.15. The van der Waals surface area contributed by atoms with E-state index < -0.39 is 5.60 Å². The first-order chi connectivity index (χ1) is 15.7. The van der Waals surface area contributed by atoms with Crippen LogP contribution in [-0.4, -0.2) is 72.5 Å². The number of benzene rings is 2. The van der Waals surface area contributed by atoms with Crippen LogP contribution in [0.1, 0.15) is 53.5 Å². The van der Waals surface area contributed by atoms with Crippen molar-refractivity contribution in [3.63, 3.8) is 0 Å². The largest absolute Gasteiger partial charge is 0.444 e. The van der Waals surface area contributed by atoms with Gasteiger partial charge in [-0.05, 0) is 39.8 Å². The summed E-state index contributed by atoms with van der Waals surface area (Å²) in [5.74, 6) is -0.408. The lowest BCUT2D eigenvalue weighted by molar-refractivity contribution is 0.0144. The van der Waals surface area contributed by atoms with Crippen LogP contribution < -0.4 is 5.32 Å². The van der Waals surface area contributed by atoms with Crippen molar-refractivity contribution in [3.05, 3.63) is 71.3 Å². The number of ketones is 1. The van der Waals surface area contributed by atoms with Gasteiger partial charge in [0, 0.05) is 43.9 Å². The fourth-order valence-electron chi connectivity index (χ4n) is 3.70. The maximum absolute atomic E-state index is 12.8. The Morgan fingerprint density at radius 1 is 0.879 bits per heavy atom. The smallest absolute Gasteiger partial charge is 0.410 e. The van der Waals surface area contributed by atoms with E-state index in [0.29, 0.717) is 36.3 Å². The summed E-state index contributed by atoms with van der Waals surface area (Å²) >= 11 is 0. The van der Waals surface area contributed by atoms with E-state index in [0.717, 1.165) is 26.1 Å². The first-order valence-electron chi connectivity index (χ1n) is 11.4. The van der Waals surface area contributed by atoms with Gasteiger partial charge in [0.15, 0.2) is 5.78 Å². The fourth-order valence-corrected chi connectivity index (χ4v) is 3.70. The zero-order valence-electron chi connectivity index (χ0n) is 19.7. The number of piperazine rings is 1. The number of amides is 2. The highest BCUT2D eigenvalue weighted by Gasteiger charge is 2.25. The average molecular weight is 452 g/mol. The van der Waals surface area contributed by atoms with Crippen LogP contribution >= 0.6 is 0 Å². The van der Waals surface area contributed by atoms with E-state index in [1.807, 2.05) is 39.0 Å². The van der Waals surface area contributed by atoms with Gasteiger partial charge in [-0.2, -0.15) is 0 Å². The first-order valence-corrected chi connectivity index (χ1v) is 11.4. The van der Waals surface area contributed by atoms with Gasteiger partial charge in [-0.15, -0.1) is 0 Å². The molecule has 0 radical (unpaired) electrons. The maximum Gasteiger partial charge on any atom is 0.410 e. The summed E-state index contributed by atoms with van der Waals surface area (Å²) in [5.41, 5.74) is 0.858. The summed E-state index contributed by atoms with van der Waals surface area (Å²) in [6.45, 7) is 9.77. The van der Waals surface area contributed by atoms with Gasteiger partial charge in [0.05, 0.1) is 5.56 Å². The van der Waals surface area contributed by atoms with Gasteiger partial charge in [-0.25, -0.2) is 4.79 Å². The van der Waals surface area contributed by atoms with Crippen molar-refractivity contribution in [1.82, 2.24) is 15.1 Å². The summed E-state index contributed by atoms with van der Waals surface area (Å²) in [4.78, 5) is 41.8. The molecule has 176 valence electrons. The Hall–Kier alpha value is -3.19. The second-order valence-electron chi connectivity index (χ2n) is 9.16. The molecular weight excluding hydrogens is 418 g/mol. The van der Waals surface area contributed by atoms with Crippen molar-refractivity contribution in [2.24, 2.45) is 0 Å². The van der Waals surface area contributed by atoms with Crippen LogP contribution in [0.5, 0.6) is 0 Å². The molecule has 0 saturated carbocycles. The van der Waals surface area contributed by atoms with Crippen LogP contribution in [0.4, 0.5) is 4.79 Å². The Bertz CT molecular complexity index is 961. The van der Waals surface area contributed by atoms with Crippen molar-refractivity contribution in [1.29, 1.82) is 0 Å². The molecule has 0 unspecified atom stereocenters. The Morgan fingerprint density at radius 3 is 2.12 bits per heavy atom. The lowest BCUT2D eigenvalue weighted by atomic mass is 9.98.